The molecule has 3 aliphatic rings. The summed E-state index contributed by atoms with van der Waals surface area (Å²) < 4.78 is 20.7. The molecule has 5 nitrogen and oxygen atoms in total. The summed E-state index contributed by atoms with van der Waals surface area (Å²) in [6, 6.07) is 25.5. The van der Waals surface area contributed by atoms with E-state index in [2.05, 4.69) is 0 Å². The molecule has 0 aromatic heterocycles. The van der Waals surface area contributed by atoms with Crippen LogP contribution in [0.15, 0.2) is 103 Å². The van der Waals surface area contributed by atoms with Crippen molar-refractivity contribution < 1.29 is 23.5 Å². The predicted octanol–water partition coefficient (Wildman–Crippen LogP) is 6.15. The molecule has 6 heteroatoms. The largest absolute Gasteiger partial charge is 0.497 e. The number of hydrogen-bond donors (Lipinski definition) is 0. The van der Waals surface area contributed by atoms with Crippen LogP contribution in [-0.2, 0) is 0 Å². The summed E-state index contributed by atoms with van der Waals surface area (Å²) in [5, 5.41) is 0. The van der Waals surface area contributed by atoms with E-state index in [1.807, 2.05) is 47.4 Å². The third-order valence-corrected chi connectivity index (χ3v) is 8.57. The SMILES string of the molecule is COc1cccc([C@@H]2[C@@H](C(=O)c3ccccc3F)N3c4ccccc4C=C[C@H]3C23C(=O)c2ccccc2C3=O)c1. The Hall–Kier alpha value is -4.84. The Morgan fingerprint density at radius 3 is 2.25 bits per heavy atom. The second kappa shape index (κ2) is 8.85. The van der Waals surface area contributed by atoms with Crippen LogP contribution in [0.4, 0.5) is 10.1 Å². The van der Waals surface area contributed by atoms with E-state index in [1.54, 1.807) is 48.5 Å². The van der Waals surface area contributed by atoms with E-state index in [1.165, 1.54) is 25.3 Å². The Balaban J connectivity index is 1.57. The highest BCUT2D eigenvalue weighted by atomic mass is 19.1. The van der Waals surface area contributed by atoms with Crippen molar-refractivity contribution in [2.45, 2.75) is 18.0 Å². The highest BCUT2D eigenvalue weighted by Crippen LogP contribution is 2.61. The van der Waals surface area contributed by atoms with Crippen molar-refractivity contribution in [2.75, 3.05) is 12.0 Å². The predicted molar refractivity (Wildman–Crippen MR) is 150 cm³/mol. The Morgan fingerprint density at radius 2 is 1.52 bits per heavy atom. The minimum atomic E-state index is -1.65. The van der Waals surface area contributed by atoms with E-state index in [-0.39, 0.29) is 17.1 Å². The number of halogens is 1. The van der Waals surface area contributed by atoms with Gasteiger partial charge < -0.3 is 9.64 Å². The molecule has 1 fully saturated rings. The summed E-state index contributed by atoms with van der Waals surface area (Å²) in [5.74, 6) is -2.20. The van der Waals surface area contributed by atoms with Crippen LogP contribution in [-0.4, -0.2) is 36.5 Å². The summed E-state index contributed by atoms with van der Waals surface area (Å²) >= 11 is 0. The van der Waals surface area contributed by atoms with Gasteiger partial charge in [0.1, 0.15) is 23.0 Å². The molecule has 0 radical (unpaired) electrons. The molecule has 3 atom stereocenters. The van der Waals surface area contributed by atoms with E-state index in [9.17, 15) is 14.4 Å². The van der Waals surface area contributed by atoms with E-state index < -0.39 is 35.0 Å². The molecular weight excluding hydrogens is 505 g/mol. The van der Waals surface area contributed by atoms with Gasteiger partial charge in [-0.05, 0) is 41.5 Å². The molecule has 0 bridgehead atoms. The number of carbonyl (C=O) groups is 3. The van der Waals surface area contributed by atoms with Crippen molar-refractivity contribution in [1.29, 1.82) is 0 Å². The molecule has 1 spiro atoms. The van der Waals surface area contributed by atoms with E-state index >= 15 is 4.39 Å². The Morgan fingerprint density at radius 1 is 0.850 bits per heavy atom. The summed E-state index contributed by atoms with van der Waals surface area (Å²) in [6.45, 7) is 0. The van der Waals surface area contributed by atoms with Gasteiger partial charge in [-0.3, -0.25) is 14.4 Å². The minimum Gasteiger partial charge on any atom is -0.497 e. The van der Waals surface area contributed by atoms with Crippen LogP contribution < -0.4 is 9.64 Å². The smallest absolute Gasteiger partial charge is 0.188 e. The van der Waals surface area contributed by atoms with Crippen LogP contribution in [0, 0.1) is 11.2 Å². The van der Waals surface area contributed by atoms with Crippen molar-refractivity contribution in [1.82, 2.24) is 0 Å². The molecule has 1 aliphatic carbocycles. The van der Waals surface area contributed by atoms with E-state index in [0.29, 0.717) is 28.1 Å². The Bertz CT molecular complexity index is 1720. The number of hydrogen-bond acceptors (Lipinski definition) is 5. The fourth-order valence-corrected chi connectivity index (χ4v) is 6.95. The van der Waals surface area contributed by atoms with E-state index in [0.717, 1.165) is 5.56 Å². The molecule has 0 amide bonds. The maximum Gasteiger partial charge on any atom is 0.188 e. The lowest BCUT2D eigenvalue weighted by molar-refractivity contribution is 0.0665. The number of benzene rings is 4. The zero-order chi connectivity index (χ0) is 27.6. The average Bonchev–Trinajstić information content (AvgIpc) is 3.43. The first-order valence-corrected chi connectivity index (χ1v) is 13.2. The number of fused-ring (bicyclic) bond motifs is 5. The average molecular weight is 530 g/mol. The van der Waals surface area contributed by atoms with Gasteiger partial charge in [-0.2, -0.15) is 0 Å². The van der Waals surface area contributed by atoms with Crippen LogP contribution in [0.3, 0.4) is 0 Å². The Kier molecular flexibility index (Phi) is 5.36. The molecule has 0 unspecified atom stereocenters. The quantitative estimate of drug-likeness (QED) is 0.234. The van der Waals surface area contributed by atoms with Gasteiger partial charge in [-0.15, -0.1) is 0 Å². The van der Waals surface area contributed by atoms with Gasteiger partial charge in [0.15, 0.2) is 17.3 Å². The number of ketones is 3. The lowest BCUT2D eigenvalue weighted by Gasteiger charge is -2.37. The monoisotopic (exact) mass is 529 g/mol. The van der Waals surface area contributed by atoms with Gasteiger partial charge in [-0.1, -0.05) is 78.9 Å². The first-order valence-electron chi connectivity index (χ1n) is 13.2. The molecule has 2 heterocycles. The van der Waals surface area contributed by atoms with Crippen molar-refractivity contribution >= 4 is 29.1 Å². The lowest BCUT2D eigenvalue weighted by Crippen LogP contribution is -2.48. The first kappa shape index (κ1) is 24.2. The third kappa shape index (κ3) is 3.10. The molecule has 1 saturated heterocycles. The summed E-state index contributed by atoms with van der Waals surface area (Å²) in [5.41, 5.74) is 1.11. The number of anilines is 1. The van der Waals surface area contributed by atoms with Gasteiger partial charge in [-0.25, -0.2) is 4.39 Å². The number of para-hydroxylation sites is 1. The zero-order valence-electron chi connectivity index (χ0n) is 21.6. The van der Waals surface area contributed by atoms with Crippen molar-refractivity contribution in [3.63, 3.8) is 0 Å². The highest BCUT2D eigenvalue weighted by Gasteiger charge is 2.71. The lowest BCUT2D eigenvalue weighted by atomic mass is 9.64. The number of Topliss-reactive ketones (excluding diaryl/α,β-unsaturated/α-hetero) is 3. The van der Waals surface area contributed by atoms with Gasteiger partial charge >= 0.3 is 0 Å². The number of nitrogens with zero attached hydrogens (tertiary/aromatic N) is 1. The second-order valence-corrected chi connectivity index (χ2v) is 10.4. The molecule has 7 rings (SSSR count). The minimum absolute atomic E-state index is 0.0846. The molecule has 4 aromatic carbocycles. The molecule has 2 aliphatic heterocycles. The maximum absolute atomic E-state index is 15.2. The highest BCUT2D eigenvalue weighted by molar-refractivity contribution is 6.32. The van der Waals surface area contributed by atoms with Gasteiger partial charge in [0.25, 0.3) is 0 Å². The molecule has 196 valence electrons. The normalized spacial score (nSPS) is 21.8. The topological polar surface area (TPSA) is 63.7 Å². The van der Waals surface area contributed by atoms with Crippen molar-refractivity contribution in [3.8, 4) is 5.75 Å². The number of ether oxygens (including phenoxy) is 1. The van der Waals surface area contributed by atoms with Crippen LogP contribution in [0.25, 0.3) is 6.08 Å². The molecule has 40 heavy (non-hydrogen) atoms. The maximum atomic E-state index is 15.2. The van der Waals surface area contributed by atoms with Crippen LogP contribution >= 0.6 is 0 Å². The second-order valence-electron chi connectivity index (χ2n) is 10.4. The van der Waals surface area contributed by atoms with Crippen molar-refractivity contribution in [2.24, 2.45) is 5.41 Å². The molecule has 0 saturated carbocycles. The van der Waals surface area contributed by atoms with Crippen LogP contribution in [0.1, 0.15) is 48.1 Å². The van der Waals surface area contributed by atoms with Crippen LogP contribution in [0.2, 0.25) is 0 Å². The third-order valence-electron chi connectivity index (χ3n) is 8.57. The summed E-state index contributed by atoms with van der Waals surface area (Å²) in [6.07, 6.45) is 3.76. The molecular formula is C34H24FNO4. The van der Waals surface area contributed by atoms with Crippen molar-refractivity contribution in [3.05, 3.63) is 137 Å². The number of methoxy groups -OCH3 is 1. The summed E-state index contributed by atoms with van der Waals surface area (Å²) in [7, 11) is 1.54. The zero-order valence-corrected chi connectivity index (χ0v) is 21.6. The number of rotatable bonds is 4. The molecule has 0 N–H and O–H groups in total. The standard InChI is InChI=1S/C34H24FNO4/c1-40-22-11-8-10-21(19-22)29-30(31(37)25-14-5-6-15-26(25)35)36-27-16-7-2-9-20(27)17-18-28(36)34(29)32(38)23-12-3-4-13-24(23)33(34)39/h2-19,28-30H,1H3/t28-,29+,30-/m0/s1. The fourth-order valence-electron chi connectivity index (χ4n) is 6.95. The number of carbonyl (C=O) groups excluding carboxylic acids is 3. The molecule has 4 aromatic rings. The fraction of sp³-hybridized carbons (Fsp3) is 0.147. The van der Waals surface area contributed by atoms with Crippen LogP contribution in [0.5, 0.6) is 5.75 Å². The summed E-state index contributed by atoms with van der Waals surface area (Å²) in [4.78, 5) is 45.6. The van der Waals surface area contributed by atoms with E-state index in [4.69, 9.17) is 4.74 Å². The van der Waals surface area contributed by atoms with Gasteiger partial charge in [0.2, 0.25) is 0 Å². The van der Waals surface area contributed by atoms with Gasteiger partial charge in [0.05, 0.1) is 18.7 Å². The Labute approximate surface area is 230 Å². The van der Waals surface area contributed by atoms with Gasteiger partial charge in [0, 0.05) is 22.7 Å². The first-order chi connectivity index (χ1) is 19.5.